The normalized spacial score (nSPS) is 21.8. The van der Waals surface area contributed by atoms with E-state index in [1.165, 1.54) is 0 Å². The lowest BCUT2D eigenvalue weighted by Gasteiger charge is -2.12. The highest BCUT2D eigenvalue weighted by Crippen LogP contribution is 2.22. The molecule has 1 amide bonds. The van der Waals surface area contributed by atoms with Gasteiger partial charge in [-0.2, -0.15) is 0 Å². The second-order valence-corrected chi connectivity index (χ2v) is 7.14. The Labute approximate surface area is 107 Å². The van der Waals surface area contributed by atoms with Crippen LogP contribution in [0.1, 0.15) is 17.5 Å². The van der Waals surface area contributed by atoms with E-state index in [2.05, 4.69) is 5.32 Å². The largest absolute Gasteiger partial charge is 0.326 e. The van der Waals surface area contributed by atoms with Crippen LogP contribution in [0.15, 0.2) is 18.2 Å². The number of hydrogen-bond acceptors (Lipinski definition) is 3. The third-order valence-corrected chi connectivity index (χ3v) is 5.02. The van der Waals surface area contributed by atoms with Gasteiger partial charge in [0.1, 0.15) is 0 Å². The van der Waals surface area contributed by atoms with Crippen LogP contribution in [-0.4, -0.2) is 25.8 Å². The third kappa shape index (κ3) is 2.90. The molecule has 0 bridgehead atoms. The van der Waals surface area contributed by atoms with Gasteiger partial charge in [0, 0.05) is 5.69 Å². The van der Waals surface area contributed by atoms with Gasteiger partial charge in [-0.25, -0.2) is 8.42 Å². The number of hydrogen-bond donors (Lipinski definition) is 1. The van der Waals surface area contributed by atoms with E-state index in [0.29, 0.717) is 6.42 Å². The highest BCUT2D eigenvalue weighted by molar-refractivity contribution is 7.91. The Hall–Kier alpha value is -1.36. The summed E-state index contributed by atoms with van der Waals surface area (Å²) in [6.07, 6.45) is 0.430. The zero-order chi connectivity index (χ0) is 13.3. The molecule has 1 N–H and O–H groups in total. The Morgan fingerprint density at radius 3 is 2.67 bits per heavy atom. The molecule has 98 valence electrons. The molecule has 4 nitrogen and oxygen atoms in total. The molecule has 2 rings (SSSR count). The number of anilines is 1. The minimum atomic E-state index is -3.01. The molecule has 1 aromatic carbocycles. The van der Waals surface area contributed by atoms with Crippen molar-refractivity contribution in [3.63, 3.8) is 0 Å². The summed E-state index contributed by atoms with van der Waals surface area (Å²) in [7, 11) is -3.01. The number of aryl methyl sites for hydroxylation is 2. The van der Waals surface area contributed by atoms with Crippen molar-refractivity contribution in [2.75, 3.05) is 16.8 Å². The van der Waals surface area contributed by atoms with Gasteiger partial charge in [0.15, 0.2) is 9.84 Å². The van der Waals surface area contributed by atoms with E-state index in [4.69, 9.17) is 0 Å². The monoisotopic (exact) mass is 267 g/mol. The van der Waals surface area contributed by atoms with Gasteiger partial charge in [0.25, 0.3) is 0 Å². The quantitative estimate of drug-likeness (QED) is 0.886. The van der Waals surface area contributed by atoms with Crippen molar-refractivity contribution >= 4 is 21.4 Å². The Morgan fingerprint density at radius 2 is 2.06 bits per heavy atom. The predicted molar refractivity (Wildman–Crippen MR) is 71.3 cm³/mol. The van der Waals surface area contributed by atoms with E-state index in [1.807, 2.05) is 32.0 Å². The third-order valence-electron chi connectivity index (χ3n) is 3.25. The fourth-order valence-corrected chi connectivity index (χ4v) is 3.85. The van der Waals surface area contributed by atoms with Crippen LogP contribution in [0, 0.1) is 19.8 Å². The highest BCUT2D eigenvalue weighted by atomic mass is 32.2. The number of amides is 1. The average molecular weight is 267 g/mol. The van der Waals surface area contributed by atoms with Gasteiger partial charge in [-0.1, -0.05) is 12.1 Å². The summed E-state index contributed by atoms with van der Waals surface area (Å²) in [5.41, 5.74) is 2.81. The lowest BCUT2D eigenvalue weighted by atomic mass is 10.1. The maximum absolute atomic E-state index is 12.0. The number of nitrogens with one attached hydrogen (secondary N) is 1. The predicted octanol–water partition coefficient (Wildman–Crippen LogP) is 1.68. The van der Waals surface area contributed by atoms with Crippen LogP contribution in [0.3, 0.4) is 0 Å². The summed E-state index contributed by atoms with van der Waals surface area (Å²) in [6.45, 7) is 3.87. The molecule has 0 radical (unpaired) electrons. The molecule has 1 aliphatic heterocycles. The van der Waals surface area contributed by atoms with Crippen LogP contribution in [0.2, 0.25) is 0 Å². The van der Waals surface area contributed by atoms with Gasteiger partial charge >= 0.3 is 0 Å². The second-order valence-electron chi connectivity index (χ2n) is 4.91. The number of rotatable bonds is 2. The average Bonchev–Trinajstić information content (AvgIpc) is 2.64. The van der Waals surface area contributed by atoms with E-state index < -0.39 is 15.8 Å². The minimum absolute atomic E-state index is 0.0241. The lowest BCUT2D eigenvalue weighted by Crippen LogP contribution is -2.24. The zero-order valence-corrected chi connectivity index (χ0v) is 11.4. The summed E-state index contributed by atoms with van der Waals surface area (Å²) >= 11 is 0. The first-order valence-electron chi connectivity index (χ1n) is 5.96. The number of sulfone groups is 1. The molecule has 0 aliphatic carbocycles. The zero-order valence-electron chi connectivity index (χ0n) is 10.6. The van der Waals surface area contributed by atoms with Crippen LogP contribution in [0.4, 0.5) is 5.69 Å². The van der Waals surface area contributed by atoms with Crippen LogP contribution in [0.25, 0.3) is 0 Å². The van der Waals surface area contributed by atoms with Crippen molar-refractivity contribution in [2.24, 2.45) is 5.92 Å². The van der Waals surface area contributed by atoms with Crippen LogP contribution >= 0.6 is 0 Å². The first-order valence-corrected chi connectivity index (χ1v) is 7.78. The molecule has 0 spiro atoms. The smallest absolute Gasteiger partial charge is 0.228 e. The summed E-state index contributed by atoms with van der Waals surface area (Å²) in [4.78, 5) is 12.0. The Bertz CT molecular complexity index is 578. The number of carbonyl (C=O) groups excluding carboxylic acids is 1. The van der Waals surface area contributed by atoms with Crippen LogP contribution in [0.5, 0.6) is 0 Å². The molecular weight excluding hydrogens is 250 g/mol. The van der Waals surface area contributed by atoms with Crippen molar-refractivity contribution in [3.8, 4) is 0 Å². The first kappa shape index (κ1) is 13.1. The second kappa shape index (κ2) is 4.72. The lowest BCUT2D eigenvalue weighted by molar-refractivity contribution is -0.119. The molecule has 0 unspecified atom stereocenters. The minimum Gasteiger partial charge on any atom is -0.326 e. The molecule has 0 saturated carbocycles. The summed E-state index contributed by atoms with van der Waals surface area (Å²) in [5, 5.41) is 2.83. The van der Waals surface area contributed by atoms with Crippen molar-refractivity contribution in [2.45, 2.75) is 20.3 Å². The number of carbonyl (C=O) groups is 1. The molecule has 1 saturated heterocycles. The Balaban J connectivity index is 2.10. The van der Waals surface area contributed by atoms with Crippen LogP contribution < -0.4 is 5.32 Å². The van der Waals surface area contributed by atoms with E-state index in [0.717, 1.165) is 16.8 Å². The van der Waals surface area contributed by atoms with Gasteiger partial charge in [0.2, 0.25) is 5.91 Å². The fourth-order valence-electron chi connectivity index (χ4n) is 2.11. The molecule has 1 atom stereocenters. The molecule has 1 heterocycles. The van der Waals surface area contributed by atoms with Crippen LogP contribution in [-0.2, 0) is 14.6 Å². The first-order chi connectivity index (χ1) is 8.37. The maximum atomic E-state index is 12.0. The Morgan fingerprint density at radius 1 is 1.33 bits per heavy atom. The molecule has 1 aliphatic rings. The molecule has 18 heavy (non-hydrogen) atoms. The Kier molecular flexibility index (Phi) is 3.43. The molecular formula is C13H17NO3S. The SMILES string of the molecule is Cc1ccc(C)c(NC(=O)[C@@H]2CCS(=O)(=O)C2)c1. The van der Waals surface area contributed by atoms with Crippen molar-refractivity contribution in [1.29, 1.82) is 0 Å². The summed E-state index contributed by atoms with van der Waals surface area (Å²) in [5.74, 6) is -0.499. The maximum Gasteiger partial charge on any atom is 0.228 e. The van der Waals surface area contributed by atoms with E-state index in [9.17, 15) is 13.2 Å². The van der Waals surface area contributed by atoms with Gasteiger partial charge < -0.3 is 5.32 Å². The molecule has 1 aromatic rings. The summed E-state index contributed by atoms with van der Waals surface area (Å²) in [6, 6.07) is 5.82. The van der Waals surface area contributed by atoms with E-state index in [-0.39, 0.29) is 17.4 Å². The topological polar surface area (TPSA) is 63.2 Å². The number of benzene rings is 1. The van der Waals surface area contributed by atoms with Crippen molar-refractivity contribution in [1.82, 2.24) is 0 Å². The van der Waals surface area contributed by atoms with Crippen molar-refractivity contribution in [3.05, 3.63) is 29.3 Å². The molecule has 1 fully saturated rings. The van der Waals surface area contributed by atoms with Gasteiger partial charge in [-0.05, 0) is 37.5 Å². The van der Waals surface area contributed by atoms with E-state index >= 15 is 0 Å². The van der Waals surface area contributed by atoms with Crippen molar-refractivity contribution < 1.29 is 13.2 Å². The molecule has 0 aromatic heterocycles. The van der Waals surface area contributed by atoms with Gasteiger partial charge in [-0.3, -0.25) is 4.79 Å². The van der Waals surface area contributed by atoms with Gasteiger partial charge in [0.05, 0.1) is 17.4 Å². The summed E-state index contributed by atoms with van der Waals surface area (Å²) < 4.78 is 22.7. The van der Waals surface area contributed by atoms with E-state index in [1.54, 1.807) is 0 Å². The molecule has 5 heteroatoms. The van der Waals surface area contributed by atoms with Gasteiger partial charge in [-0.15, -0.1) is 0 Å². The standard InChI is InChI=1S/C13H17NO3S/c1-9-3-4-10(2)12(7-9)14-13(15)11-5-6-18(16,17)8-11/h3-4,7,11H,5-6,8H2,1-2H3,(H,14,15)/t11-/m1/s1. The highest BCUT2D eigenvalue weighted by Gasteiger charge is 2.33. The fraction of sp³-hybridized carbons (Fsp3) is 0.462.